The van der Waals surface area contributed by atoms with Crippen LogP contribution in [0.25, 0.3) is 4.85 Å². The average molecular weight is 335 g/mol. The molecule has 126 valence electrons. The molecule has 0 aliphatic carbocycles. The fourth-order valence-electron chi connectivity index (χ4n) is 2.53. The van der Waals surface area contributed by atoms with Crippen molar-refractivity contribution >= 4 is 24.6 Å². The van der Waals surface area contributed by atoms with E-state index in [4.69, 9.17) is 20.6 Å². The second-order valence-corrected chi connectivity index (χ2v) is 6.73. The number of ether oxygens (including phenoxy) is 1. The molecular weight excluding hydrogens is 317 g/mol. The molecule has 0 aromatic heterocycles. The molecule has 1 aliphatic heterocycles. The van der Waals surface area contributed by atoms with E-state index in [2.05, 4.69) is 18.7 Å². The van der Waals surface area contributed by atoms with Gasteiger partial charge in [0.25, 0.3) is 0 Å². The zero-order valence-corrected chi connectivity index (χ0v) is 14.2. The molecule has 5 nitrogen and oxygen atoms in total. The Morgan fingerprint density at radius 1 is 1.12 bits per heavy atom. The zero-order chi connectivity index (χ0) is 17.9. The molecule has 0 bridgehead atoms. The Balaban J connectivity index is 1.77. The first kappa shape index (κ1) is 17.2. The topological polar surface area (TPSA) is 49.1 Å². The van der Waals surface area contributed by atoms with E-state index in [1.54, 1.807) is 42.5 Å². The minimum Gasteiger partial charge on any atom is -0.457 e. The summed E-state index contributed by atoms with van der Waals surface area (Å²) >= 11 is 0. The molecule has 0 spiro atoms. The van der Waals surface area contributed by atoms with Crippen LogP contribution in [0.2, 0.25) is 0 Å². The van der Waals surface area contributed by atoms with Gasteiger partial charge in [-0.1, -0.05) is 32.0 Å². The van der Waals surface area contributed by atoms with Crippen LogP contribution in [0.4, 0.5) is 5.69 Å². The second kappa shape index (κ2) is 7.10. The van der Waals surface area contributed by atoms with E-state index in [0.717, 1.165) is 6.29 Å². The summed E-state index contributed by atoms with van der Waals surface area (Å²) in [7, 11) is -0.541. The van der Waals surface area contributed by atoms with E-state index in [1.165, 1.54) is 0 Å². The van der Waals surface area contributed by atoms with Gasteiger partial charge in [0.05, 0.1) is 6.57 Å². The highest BCUT2D eigenvalue weighted by atomic mass is 16.6. The van der Waals surface area contributed by atoms with Gasteiger partial charge in [0, 0.05) is 24.2 Å². The highest BCUT2D eigenvalue weighted by molar-refractivity contribution is 6.62. The number of carbonyl (C=O) groups excluding carboxylic acids is 1. The number of hydrogen-bond acceptors (Lipinski definition) is 4. The van der Waals surface area contributed by atoms with E-state index in [1.807, 2.05) is 0 Å². The smallest absolute Gasteiger partial charge is 0.457 e. The van der Waals surface area contributed by atoms with E-state index in [-0.39, 0.29) is 5.41 Å². The summed E-state index contributed by atoms with van der Waals surface area (Å²) in [6, 6.07) is 12.0. The van der Waals surface area contributed by atoms with Gasteiger partial charge < -0.3 is 14.0 Å². The molecule has 0 amide bonds. The van der Waals surface area contributed by atoms with Crippen LogP contribution in [0.1, 0.15) is 24.2 Å². The van der Waals surface area contributed by atoms with Crippen LogP contribution in [0.15, 0.2) is 42.5 Å². The van der Waals surface area contributed by atoms with Crippen LogP contribution in [-0.4, -0.2) is 26.6 Å². The molecule has 0 radical (unpaired) electrons. The third-order valence-corrected chi connectivity index (χ3v) is 3.89. The summed E-state index contributed by atoms with van der Waals surface area (Å²) in [5.74, 6) is 1.14. The maximum Gasteiger partial charge on any atom is 0.494 e. The van der Waals surface area contributed by atoms with E-state index >= 15 is 0 Å². The maximum atomic E-state index is 11.5. The highest BCUT2D eigenvalue weighted by Crippen LogP contribution is 2.25. The van der Waals surface area contributed by atoms with Crippen molar-refractivity contribution in [3.63, 3.8) is 0 Å². The lowest BCUT2D eigenvalue weighted by atomic mass is 9.73. The quantitative estimate of drug-likeness (QED) is 0.487. The Hall–Kier alpha value is -2.62. The number of nitrogens with zero attached hydrogens (tertiary/aromatic N) is 1. The van der Waals surface area contributed by atoms with E-state index in [0.29, 0.717) is 41.4 Å². The third-order valence-electron chi connectivity index (χ3n) is 3.89. The van der Waals surface area contributed by atoms with Gasteiger partial charge in [-0.05, 0) is 29.7 Å². The molecule has 2 aromatic rings. The van der Waals surface area contributed by atoms with Crippen molar-refractivity contribution in [2.24, 2.45) is 5.41 Å². The Morgan fingerprint density at radius 2 is 1.76 bits per heavy atom. The molecule has 1 fully saturated rings. The van der Waals surface area contributed by atoms with Crippen molar-refractivity contribution in [1.82, 2.24) is 0 Å². The van der Waals surface area contributed by atoms with Crippen LogP contribution in [-0.2, 0) is 9.31 Å². The first-order valence-electron chi connectivity index (χ1n) is 7.98. The maximum absolute atomic E-state index is 11.5. The van der Waals surface area contributed by atoms with Gasteiger partial charge in [0.1, 0.15) is 17.8 Å². The monoisotopic (exact) mass is 335 g/mol. The Morgan fingerprint density at radius 3 is 2.36 bits per heavy atom. The molecule has 1 saturated heterocycles. The summed E-state index contributed by atoms with van der Waals surface area (Å²) in [5.41, 5.74) is 1.69. The van der Waals surface area contributed by atoms with Crippen molar-refractivity contribution in [1.29, 1.82) is 0 Å². The summed E-state index contributed by atoms with van der Waals surface area (Å²) in [4.78, 5) is 14.8. The molecule has 1 heterocycles. The van der Waals surface area contributed by atoms with Crippen LogP contribution in [0.3, 0.4) is 0 Å². The summed E-state index contributed by atoms with van der Waals surface area (Å²) in [5, 5.41) is 0. The number of hydrogen-bond donors (Lipinski definition) is 0. The highest BCUT2D eigenvalue weighted by Gasteiger charge is 2.34. The van der Waals surface area contributed by atoms with Gasteiger partial charge >= 0.3 is 7.12 Å². The molecule has 25 heavy (non-hydrogen) atoms. The first-order chi connectivity index (χ1) is 12.0. The Labute approximate surface area is 147 Å². The van der Waals surface area contributed by atoms with Crippen LogP contribution in [0.5, 0.6) is 11.5 Å². The Kier molecular flexibility index (Phi) is 4.89. The number of rotatable bonds is 4. The standard InChI is InChI=1S/C19H18BNO4/c1-19(2)12-23-20(24-13-19)18-9-8-17(10-14(18)11-22)25-16-6-4-15(21-3)5-7-16/h4-11H,12-13H2,1-2H3. The van der Waals surface area contributed by atoms with Gasteiger partial charge in [-0.15, -0.1) is 0 Å². The van der Waals surface area contributed by atoms with Gasteiger partial charge in [0.15, 0.2) is 5.69 Å². The van der Waals surface area contributed by atoms with Crippen molar-refractivity contribution in [3.8, 4) is 11.5 Å². The fourth-order valence-corrected chi connectivity index (χ4v) is 2.53. The Bertz CT molecular complexity index is 801. The lowest BCUT2D eigenvalue weighted by Crippen LogP contribution is -2.48. The number of benzene rings is 2. The molecule has 0 saturated carbocycles. The molecular formula is C19H18BNO4. The van der Waals surface area contributed by atoms with Crippen molar-refractivity contribution in [2.75, 3.05) is 13.2 Å². The third kappa shape index (κ3) is 4.08. The first-order valence-corrected chi connectivity index (χ1v) is 7.98. The molecule has 6 heteroatoms. The average Bonchev–Trinajstić information content (AvgIpc) is 2.62. The van der Waals surface area contributed by atoms with E-state index < -0.39 is 7.12 Å². The minimum absolute atomic E-state index is 0.0294. The molecule has 0 atom stereocenters. The molecule has 1 aliphatic rings. The molecule has 3 rings (SSSR count). The van der Waals surface area contributed by atoms with Crippen LogP contribution >= 0.6 is 0 Å². The lowest BCUT2D eigenvalue weighted by Gasteiger charge is -2.33. The molecule has 0 unspecified atom stereocenters. The van der Waals surface area contributed by atoms with Crippen LogP contribution < -0.4 is 10.2 Å². The van der Waals surface area contributed by atoms with Gasteiger partial charge in [-0.2, -0.15) is 0 Å². The largest absolute Gasteiger partial charge is 0.494 e. The second-order valence-electron chi connectivity index (χ2n) is 6.73. The number of aldehydes is 1. The number of carbonyl (C=O) groups is 1. The minimum atomic E-state index is -0.541. The van der Waals surface area contributed by atoms with Crippen molar-refractivity contribution in [3.05, 3.63) is 59.4 Å². The fraction of sp³-hybridized carbons (Fsp3) is 0.263. The zero-order valence-electron chi connectivity index (χ0n) is 14.2. The van der Waals surface area contributed by atoms with Crippen molar-refractivity contribution in [2.45, 2.75) is 13.8 Å². The van der Waals surface area contributed by atoms with E-state index in [9.17, 15) is 4.79 Å². The van der Waals surface area contributed by atoms with Gasteiger partial charge in [0.2, 0.25) is 0 Å². The summed E-state index contributed by atoms with van der Waals surface area (Å²) < 4.78 is 17.3. The summed E-state index contributed by atoms with van der Waals surface area (Å²) in [6.45, 7) is 12.2. The normalized spacial score (nSPS) is 16.1. The predicted octanol–water partition coefficient (Wildman–Crippen LogP) is 3.61. The SMILES string of the molecule is [C-]#[N+]c1ccc(Oc2ccc(B3OCC(C)(C)CO3)c(C=O)c2)cc1. The van der Waals surface area contributed by atoms with Crippen LogP contribution in [0, 0.1) is 12.0 Å². The lowest BCUT2D eigenvalue weighted by molar-refractivity contribution is 0.0342. The summed E-state index contributed by atoms with van der Waals surface area (Å²) in [6.07, 6.45) is 0.775. The molecule has 2 aromatic carbocycles. The van der Waals surface area contributed by atoms with Gasteiger partial charge in [-0.25, -0.2) is 4.85 Å². The molecule has 0 N–H and O–H groups in total. The predicted molar refractivity (Wildman–Crippen MR) is 95.7 cm³/mol. The van der Waals surface area contributed by atoms with Gasteiger partial charge in [-0.3, -0.25) is 4.79 Å². The van der Waals surface area contributed by atoms with Crippen molar-refractivity contribution < 1.29 is 18.8 Å².